The van der Waals surface area contributed by atoms with Crippen LogP contribution in [0.15, 0.2) is 11.6 Å². The van der Waals surface area contributed by atoms with E-state index in [9.17, 15) is 29.1 Å². The summed E-state index contributed by atoms with van der Waals surface area (Å²) in [6.07, 6.45) is 6.50. The lowest BCUT2D eigenvalue weighted by molar-refractivity contribution is -0.170. The molecule has 0 bridgehead atoms. The Kier molecular flexibility index (Phi) is 9.72. The van der Waals surface area contributed by atoms with Crippen LogP contribution in [0.2, 0.25) is 0 Å². The molecule has 3 saturated carbocycles. The molecule has 10 heteroatoms. The van der Waals surface area contributed by atoms with Crippen LogP contribution in [0.25, 0.3) is 0 Å². The number of carbonyl (C=O) groups is 5. The van der Waals surface area contributed by atoms with Gasteiger partial charge in [-0.1, -0.05) is 19.4 Å². The molecule has 0 unspecified atom stereocenters. The Morgan fingerprint density at radius 2 is 1.58 bits per heavy atom. The Hall–Kier alpha value is -2.75. The van der Waals surface area contributed by atoms with Gasteiger partial charge in [0.2, 0.25) is 5.78 Å². The summed E-state index contributed by atoms with van der Waals surface area (Å²) in [5.41, 5.74) is -2.60. The second-order valence-corrected chi connectivity index (χ2v) is 16.2. The molecule has 0 aliphatic heterocycles. The summed E-state index contributed by atoms with van der Waals surface area (Å²) >= 11 is 0. The lowest BCUT2D eigenvalue weighted by Gasteiger charge is -2.58. The minimum atomic E-state index is -1.65. The van der Waals surface area contributed by atoms with Crippen molar-refractivity contribution in [3.05, 3.63) is 11.6 Å². The number of rotatable bonds is 8. The Bertz CT molecular complexity index is 1240. The fourth-order valence-electron chi connectivity index (χ4n) is 8.74. The number of ether oxygens (including phenoxy) is 3. The molecule has 0 saturated heterocycles. The maximum Gasteiger partial charge on any atom is 0.408 e. The topological polar surface area (TPSA) is 145 Å². The zero-order valence-electron chi connectivity index (χ0n) is 28.4. The number of aliphatic hydroxyl groups is 1. The predicted molar refractivity (Wildman–Crippen MR) is 166 cm³/mol. The SMILES string of the molecule is CC(C)(C)OC(=O)CC[C@H](NC(=O)OC(C)(C)C)C(=O)OCC(=O)[C@@]1(O)CC[C@H]2[C@@H]3CCC4=CC(=O)CC[C@]4(C)[C@H]3CC[C@@]21C. The molecule has 0 heterocycles. The van der Waals surface area contributed by atoms with Gasteiger partial charge in [-0.25, -0.2) is 9.59 Å². The van der Waals surface area contributed by atoms with Crippen molar-refractivity contribution < 1.29 is 43.3 Å². The number of allylic oxidation sites excluding steroid dienone is 1. The first-order chi connectivity index (χ1) is 20.7. The summed E-state index contributed by atoms with van der Waals surface area (Å²) in [6, 6.07) is -1.26. The minimum absolute atomic E-state index is 0.0200. The molecular formula is C35H53NO9. The third-order valence-corrected chi connectivity index (χ3v) is 11.0. The highest BCUT2D eigenvalue weighted by molar-refractivity contribution is 5.92. The molecule has 10 nitrogen and oxygen atoms in total. The monoisotopic (exact) mass is 631 g/mol. The van der Waals surface area contributed by atoms with Gasteiger partial charge in [0.15, 0.2) is 12.4 Å². The number of ketones is 2. The van der Waals surface area contributed by atoms with E-state index in [2.05, 4.69) is 12.2 Å². The molecule has 0 aromatic rings. The molecule has 252 valence electrons. The van der Waals surface area contributed by atoms with Crippen molar-refractivity contribution in [3.8, 4) is 0 Å². The van der Waals surface area contributed by atoms with E-state index in [1.54, 1.807) is 41.5 Å². The Morgan fingerprint density at radius 1 is 0.933 bits per heavy atom. The van der Waals surface area contributed by atoms with Gasteiger partial charge in [-0.15, -0.1) is 0 Å². The van der Waals surface area contributed by atoms with E-state index in [-0.39, 0.29) is 30.0 Å². The van der Waals surface area contributed by atoms with Gasteiger partial charge < -0.3 is 24.6 Å². The standard InChI is InChI=1S/C35H53NO9/c1-31(2,3)44-28(39)12-11-26(36-30(41)45-32(4,5)6)29(40)43-20-27(38)35(42)18-15-25-23-10-9-21-19-22(37)13-16-33(21,7)24(23)14-17-34(25,35)8/h19,23-26,42H,9-18,20H2,1-8H3,(H,36,41)/t23-,24+,25+,26+,33+,34+,35+/m1/s1. The maximum absolute atomic E-state index is 13.7. The zero-order chi connectivity index (χ0) is 33.6. The van der Waals surface area contributed by atoms with Crippen LogP contribution in [-0.2, 0) is 33.4 Å². The Labute approximate surface area is 267 Å². The van der Waals surface area contributed by atoms with Crippen molar-refractivity contribution in [3.63, 3.8) is 0 Å². The number of fused-ring (bicyclic) bond motifs is 5. The Balaban J connectivity index is 1.43. The quantitative estimate of drug-likeness (QED) is 0.266. The number of hydrogen-bond acceptors (Lipinski definition) is 9. The first kappa shape index (κ1) is 35.1. The molecule has 45 heavy (non-hydrogen) atoms. The molecule has 4 aliphatic rings. The number of hydrogen-bond donors (Lipinski definition) is 2. The van der Waals surface area contributed by atoms with Gasteiger partial charge in [-0.05, 0) is 122 Å². The number of alkyl carbamates (subject to hydrolysis) is 1. The van der Waals surface area contributed by atoms with Crippen molar-refractivity contribution >= 4 is 29.6 Å². The van der Waals surface area contributed by atoms with Gasteiger partial charge in [-0.3, -0.25) is 14.4 Å². The van der Waals surface area contributed by atoms with Crippen LogP contribution in [0.5, 0.6) is 0 Å². The molecule has 0 spiro atoms. The van der Waals surface area contributed by atoms with E-state index in [1.807, 2.05) is 13.0 Å². The molecule has 7 atom stereocenters. The first-order valence-electron chi connectivity index (χ1n) is 16.6. The van der Waals surface area contributed by atoms with Crippen molar-refractivity contribution in [2.45, 2.75) is 142 Å². The average molecular weight is 632 g/mol. The van der Waals surface area contributed by atoms with Crippen LogP contribution in [-0.4, -0.2) is 64.2 Å². The van der Waals surface area contributed by atoms with Crippen LogP contribution in [0.4, 0.5) is 4.79 Å². The summed E-state index contributed by atoms with van der Waals surface area (Å²) < 4.78 is 16.0. The van der Waals surface area contributed by atoms with Gasteiger partial charge in [0.25, 0.3) is 0 Å². The second-order valence-electron chi connectivity index (χ2n) is 16.2. The summed E-state index contributed by atoms with van der Waals surface area (Å²) in [7, 11) is 0. The molecule has 1 amide bonds. The number of Topliss-reactive ketones (excluding diaryl/α,β-unsaturated/α-hetero) is 1. The molecule has 4 aliphatic carbocycles. The Morgan fingerprint density at radius 3 is 2.22 bits per heavy atom. The molecule has 0 aromatic heterocycles. The maximum atomic E-state index is 13.7. The third-order valence-electron chi connectivity index (χ3n) is 11.0. The summed E-state index contributed by atoms with van der Waals surface area (Å²) in [6.45, 7) is 13.9. The number of esters is 2. The fourth-order valence-corrected chi connectivity index (χ4v) is 8.74. The van der Waals surface area contributed by atoms with E-state index in [0.29, 0.717) is 37.5 Å². The summed E-state index contributed by atoms with van der Waals surface area (Å²) in [4.78, 5) is 63.9. The highest BCUT2D eigenvalue weighted by Gasteiger charge is 2.66. The van der Waals surface area contributed by atoms with Gasteiger partial charge in [0, 0.05) is 18.3 Å². The molecule has 2 N–H and O–H groups in total. The summed E-state index contributed by atoms with van der Waals surface area (Å²) in [5.74, 6) is -0.874. The average Bonchev–Trinajstić information content (AvgIpc) is 3.19. The van der Waals surface area contributed by atoms with Gasteiger partial charge in [0.1, 0.15) is 22.8 Å². The van der Waals surface area contributed by atoms with Crippen LogP contribution in [0, 0.1) is 28.6 Å². The van der Waals surface area contributed by atoms with Crippen LogP contribution in [0.1, 0.15) is 120 Å². The highest BCUT2D eigenvalue weighted by atomic mass is 16.6. The van der Waals surface area contributed by atoms with E-state index in [0.717, 1.165) is 25.7 Å². The first-order valence-corrected chi connectivity index (χ1v) is 16.6. The van der Waals surface area contributed by atoms with E-state index in [4.69, 9.17) is 14.2 Å². The number of carbonyl (C=O) groups excluding carboxylic acids is 5. The van der Waals surface area contributed by atoms with Gasteiger partial charge >= 0.3 is 18.0 Å². The van der Waals surface area contributed by atoms with E-state index in [1.165, 1.54) is 5.57 Å². The molecule has 0 aromatic carbocycles. The normalized spacial score (nSPS) is 33.5. The molecule has 4 rings (SSSR count). The van der Waals surface area contributed by atoms with Crippen LogP contribution >= 0.6 is 0 Å². The zero-order valence-corrected chi connectivity index (χ0v) is 28.4. The molecule has 3 fully saturated rings. The lowest BCUT2D eigenvalue weighted by atomic mass is 9.46. The summed E-state index contributed by atoms with van der Waals surface area (Å²) in [5, 5.41) is 14.5. The fraction of sp³-hybridized carbons (Fsp3) is 0.800. The van der Waals surface area contributed by atoms with Crippen LogP contribution < -0.4 is 5.32 Å². The van der Waals surface area contributed by atoms with Crippen molar-refractivity contribution in [2.24, 2.45) is 28.6 Å². The molecule has 0 radical (unpaired) electrons. The van der Waals surface area contributed by atoms with Gasteiger partial charge in [-0.2, -0.15) is 0 Å². The third kappa shape index (κ3) is 7.31. The van der Waals surface area contributed by atoms with E-state index >= 15 is 0 Å². The van der Waals surface area contributed by atoms with E-state index < -0.39 is 58.7 Å². The second kappa shape index (κ2) is 12.5. The predicted octanol–water partition coefficient (Wildman–Crippen LogP) is 5.38. The van der Waals surface area contributed by atoms with Crippen LogP contribution in [0.3, 0.4) is 0 Å². The smallest absolute Gasteiger partial charge is 0.408 e. The van der Waals surface area contributed by atoms with Gasteiger partial charge in [0.05, 0.1) is 0 Å². The van der Waals surface area contributed by atoms with Crippen molar-refractivity contribution in [1.29, 1.82) is 0 Å². The largest absolute Gasteiger partial charge is 0.460 e. The number of amides is 1. The minimum Gasteiger partial charge on any atom is -0.460 e. The van der Waals surface area contributed by atoms with Crippen molar-refractivity contribution in [1.82, 2.24) is 5.32 Å². The number of nitrogens with one attached hydrogen (secondary N) is 1. The lowest BCUT2D eigenvalue weighted by Crippen LogP contribution is -2.58. The highest BCUT2D eigenvalue weighted by Crippen LogP contribution is 2.67. The molecular weight excluding hydrogens is 578 g/mol. The van der Waals surface area contributed by atoms with Crippen molar-refractivity contribution in [2.75, 3.05) is 6.61 Å².